The minimum Gasteiger partial charge on any atom is -0.377 e. The van der Waals surface area contributed by atoms with Crippen LogP contribution in [0.15, 0.2) is 18.2 Å². The van der Waals surface area contributed by atoms with E-state index in [1.165, 1.54) is 12.1 Å². The molecule has 0 saturated carbocycles. The molecule has 1 fully saturated rings. The van der Waals surface area contributed by atoms with Crippen molar-refractivity contribution in [2.45, 2.75) is 37.8 Å². The van der Waals surface area contributed by atoms with Gasteiger partial charge < -0.3 is 4.74 Å². The molecule has 1 aromatic rings. The maximum absolute atomic E-state index is 13.0. The molecule has 3 N–H and O–H groups in total. The average molecular weight is 273 g/mol. The number of nitrogens with two attached hydrogens (primary N) is 1. The SMILES string of the molecule is NNC(Cc1ccc(F)cc1Cl)C1CCCCO1. The van der Waals surface area contributed by atoms with Crippen molar-refractivity contribution in [3.8, 4) is 0 Å². The van der Waals surface area contributed by atoms with Crippen LogP contribution in [0.1, 0.15) is 24.8 Å². The zero-order valence-corrected chi connectivity index (χ0v) is 10.9. The van der Waals surface area contributed by atoms with Crippen molar-refractivity contribution in [3.05, 3.63) is 34.6 Å². The fourth-order valence-corrected chi connectivity index (χ4v) is 2.55. The second-order valence-corrected chi connectivity index (χ2v) is 5.03. The minimum atomic E-state index is -0.324. The summed E-state index contributed by atoms with van der Waals surface area (Å²) in [6.45, 7) is 0.778. The largest absolute Gasteiger partial charge is 0.377 e. The summed E-state index contributed by atoms with van der Waals surface area (Å²) in [6, 6.07) is 4.45. The van der Waals surface area contributed by atoms with E-state index in [0.717, 1.165) is 31.4 Å². The van der Waals surface area contributed by atoms with E-state index in [4.69, 9.17) is 22.2 Å². The molecule has 1 aliphatic heterocycles. The molecule has 1 aromatic carbocycles. The summed E-state index contributed by atoms with van der Waals surface area (Å²) in [5, 5.41) is 0.436. The van der Waals surface area contributed by atoms with Crippen LogP contribution >= 0.6 is 11.6 Å². The molecule has 3 nitrogen and oxygen atoms in total. The van der Waals surface area contributed by atoms with E-state index in [9.17, 15) is 4.39 Å². The number of rotatable bonds is 4. The first-order valence-electron chi connectivity index (χ1n) is 6.22. The van der Waals surface area contributed by atoms with E-state index in [1.54, 1.807) is 6.07 Å². The Kier molecular flexibility index (Phi) is 4.95. The van der Waals surface area contributed by atoms with Crippen molar-refractivity contribution < 1.29 is 9.13 Å². The highest BCUT2D eigenvalue weighted by Crippen LogP contribution is 2.22. The molecule has 0 spiro atoms. The summed E-state index contributed by atoms with van der Waals surface area (Å²) < 4.78 is 18.7. The Balaban J connectivity index is 2.04. The van der Waals surface area contributed by atoms with Crippen LogP contribution in [-0.2, 0) is 11.2 Å². The van der Waals surface area contributed by atoms with Gasteiger partial charge >= 0.3 is 0 Å². The van der Waals surface area contributed by atoms with Gasteiger partial charge in [-0.15, -0.1) is 0 Å². The quantitative estimate of drug-likeness (QED) is 0.654. The molecule has 1 heterocycles. The van der Waals surface area contributed by atoms with Crippen molar-refractivity contribution in [1.29, 1.82) is 0 Å². The van der Waals surface area contributed by atoms with Crippen molar-refractivity contribution in [1.82, 2.24) is 5.43 Å². The van der Waals surface area contributed by atoms with Gasteiger partial charge in [-0.05, 0) is 43.4 Å². The van der Waals surface area contributed by atoms with Crippen LogP contribution in [0.4, 0.5) is 4.39 Å². The molecule has 0 amide bonds. The Bertz CT molecular complexity index is 397. The van der Waals surface area contributed by atoms with Gasteiger partial charge in [-0.2, -0.15) is 0 Å². The predicted molar refractivity (Wildman–Crippen MR) is 69.8 cm³/mol. The molecule has 100 valence electrons. The smallest absolute Gasteiger partial charge is 0.124 e. The van der Waals surface area contributed by atoms with Gasteiger partial charge in [-0.25, -0.2) is 4.39 Å². The molecule has 1 aliphatic rings. The lowest BCUT2D eigenvalue weighted by Gasteiger charge is -2.30. The molecule has 2 atom stereocenters. The monoisotopic (exact) mass is 272 g/mol. The summed E-state index contributed by atoms with van der Waals surface area (Å²) >= 11 is 6.02. The Hall–Kier alpha value is -0.680. The van der Waals surface area contributed by atoms with Crippen LogP contribution in [0.3, 0.4) is 0 Å². The number of nitrogens with one attached hydrogen (secondary N) is 1. The van der Waals surface area contributed by atoms with Gasteiger partial charge in [0.05, 0.1) is 12.1 Å². The van der Waals surface area contributed by atoms with Gasteiger partial charge in [-0.1, -0.05) is 17.7 Å². The van der Waals surface area contributed by atoms with Gasteiger partial charge in [0, 0.05) is 11.6 Å². The van der Waals surface area contributed by atoms with Crippen LogP contribution in [-0.4, -0.2) is 18.8 Å². The van der Waals surface area contributed by atoms with E-state index in [2.05, 4.69) is 5.43 Å². The van der Waals surface area contributed by atoms with Crippen LogP contribution < -0.4 is 11.3 Å². The van der Waals surface area contributed by atoms with Crippen LogP contribution in [0.25, 0.3) is 0 Å². The number of hydrogen-bond acceptors (Lipinski definition) is 3. The van der Waals surface area contributed by atoms with Crippen molar-refractivity contribution in [2.24, 2.45) is 5.84 Å². The second-order valence-electron chi connectivity index (χ2n) is 4.62. The normalized spacial score (nSPS) is 21.8. The highest BCUT2D eigenvalue weighted by atomic mass is 35.5. The number of benzene rings is 1. The molecule has 2 unspecified atom stereocenters. The van der Waals surface area contributed by atoms with Crippen molar-refractivity contribution >= 4 is 11.6 Å². The van der Waals surface area contributed by atoms with Gasteiger partial charge in [0.2, 0.25) is 0 Å². The van der Waals surface area contributed by atoms with Crippen LogP contribution in [0.5, 0.6) is 0 Å². The maximum atomic E-state index is 13.0. The van der Waals surface area contributed by atoms with E-state index >= 15 is 0 Å². The molecule has 5 heteroatoms. The van der Waals surface area contributed by atoms with E-state index in [1.807, 2.05) is 0 Å². The standard InChI is InChI=1S/C13H18ClFN2O/c14-11-8-10(15)5-4-9(11)7-12(17-16)13-3-1-2-6-18-13/h4-5,8,12-13,17H,1-3,6-7,16H2. The van der Waals surface area contributed by atoms with Gasteiger partial charge in [0.15, 0.2) is 0 Å². The predicted octanol–water partition coefficient (Wildman–Crippen LogP) is 2.42. The first-order chi connectivity index (χ1) is 8.70. The lowest BCUT2D eigenvalue weighted by Crippen LogP contribution is -2.47. The fraction of sp³-hybridized carbons (Fsp3) is 0.538. The van der Waals surface area contributed by atoms with E-state index < -0.39 is 0 Å². The third kappa shape index (κ3) is 3.42. The molecule has 0 radical (unpaired) electrons. The Labute approximate surface area is 111 Å². The minimum absolute atomic E-state index is 0.00765. The number of hydrazine groups is 1. The molecule has 0 bridgehead atoms. The summed E-state index contributed by atoms with van der Waals surface area (Å²) in [5.74, 6) is 5.26. The van der Waals surface area contributed by atoms with E-state index in [-0.39, 0.29) is 18.0 Å². The van der Waals surface area contributed by atoms with E-state index in [0.29, 0.717) is 11.4 Å². The topological polar surface area (TPSA) is 47.3 Å². The van der Waals surface area contributed by atoms with Crippen LogP contribution in [0, 0.1) is 5.82 Å². The molecular weight excluding hydrogens is 255 g/mol. The fourth-order valence-electron chi connectivity index (χ4n) is 2.30. The number of halogens is 2. The Morgan fingerprint density at radius 2 is 2.33 bits per heavy atom. The molecular formula is C13H18ClFN2O. The molecule has 1 saturated heterocycles. The first kappa shape index (κ1) is 13.7. The molecule has 0 aliphatic carbocycles. The molecule has 0 aromatic heterocycles. The third-order valence-corrected chi connectivity index (χ3v) is 3.68. The Morgan fingerprint density at radius 1 is 1.50 bits per heavy atom. The first-order valence-corrected chi connectivity index (χ1v) is 6.60. The average Bonchev–Trinajstić information content (AvgIpc) is 2.39. The highest BCUT2D eigenvalue weighted by Gasteiger charge is 2.24. The highest BCUT2D eigenvalue weighted by molar-refractivity contribution is 6.31. The number of ether oxygens (including phenoxy) is 1. The zero-order valence-electron chi connectivity index (χ0n) is 10.2. The zero-order chi connectivity index (χ0) is 13.0. The lowest BCUT2D eigenvalue weighted by molar-refractivity contribution is -0.00743. The van der Waals surface area contributed by atoms with Crippen molar-refractivity contribution in [2.75, 3.05) is 6.61 Å². The second kappa shape index (κ2) is 6.48. The Morgan fingerprint density at radius 3 is 2.94 bits per heavy atom. The van der Waals surface area contributed by atoms with Gasteiger partial charge in [-0.3, -0.25) is 11.3 Å². The third-order valence-electron chi connectivity index (χ3n) is 3.33. The van der Waals surface area contributed by atoms with Crippen LogP contribution in [0.2, 0.25) is 5.02 Å². The number of hydrogen-bond donors (Lipinski definition) is 2. The maximum Gasteiger partial charge on any atom is 0.124 e. The lowest BCUT2D eigenvalue weighted by atomic mass is 9.96. The summed E-state index contributed by atoms with van der Waals surface area (Å²) in [6.07, 6.45) is 3.99. The summed E-state index contributed by atoms with van der Waals surface area (Å²) in [7, 11) is 0. The van der Waals surface area contributed by atoms with Gasteiger partial charge in [0.25, 0.3) is 0 Å². The van der Waals surface area contributed by atoms with Gasteiger partial charge in [0.1, 0.15) is 5.82 Å². The molecule has 2 rings (SSSR count). The molecule has 18 heavy (non-hydrogen) atoms. The summed E-state index contributed by atoms with van der Waals surface area (Å²) in [5.41, 5.74) is 3.67. The summed E-state index contributed by atoms with van der Waals surface area (Å²) in [4.78, 5) is 0. The van der Waals surface area contributed by atoms with Crippen molar-refractivity contribution in [3.63, 3.8) is 0 Å².